The first-order valence-corrected chi connectivity index (χ1v) is 8.02. The quantitative estimate of drug-likeness (QED) is 0.595. The molecule has 0 saturated heterocycles. The molecule has 0 aliphatic rings. The van der Waals surface area contributed by atoms with E-state index in [9.17, 15) is 9.59 Å². The van der Waals surface area contributed by atoms with Gasteiger partial charge in [-0.2, -0.15) is 0 Å². The molecule has 0 aliphatic carbocycles. The average molecular weight is 334 g/mol. The molecule has 128 valence electrons. The SMILES string of the molecule is C=C/C=C(\C=C)c1cc(C)c(CNC=O)c(=O)n1Cc1ccccc1. The first-order chi connectivity index (χ1) is 12.1. The zero-order valence-electron chi connectivity index (χ0n) is 14.4. The minimum absolute atomic E-state index is 0.120. The Morgan fingerprint density at radius 2 is 1.96 bits per heavy atom. The van der Waals surface area contributed by atoms with Crippen molar-refractivity contribution in [2.75, 3.05) is 0 Å². The summed E-state index contributed by atoms with van der Waals surface area (Å²) in [7, 11) is 0. The van der Waals surface area contributed by atoms with Gasteiger partial charge in [-0.1, -0.05) is 61.7 Å². The van der Waals surface area contributed by atoms with Crippen LogP contribution in [0.15, 0.2) is 72.6 Å². The maximum absolute atomic E-state index is 13.1. The average Bonchev–Trinajstić information content (AvgIpc) is 2.63. The lowest BCUT2D eigenvalue weighted by molar-refractivity contribution is -0.109. The Kier molecular flexibility index (Phi) is 6.29. The predicted molar refractivity (Wildman–Crippen MR) is 102 cm³/mol. The van der Waals surface area contributed by atoms with E-state index < -0.39 is 0 Å². The molecule has 0 atom stereocenters. The molecule has 25 heavy (non-hydrogen) atoms. The van der Waals surface area contributed by atoms with Gasteiger partial charge in [0.25, 0.3) is 5.56 Å². The minimum Gasteiger partial charge on any atom is -0.354 e. The van der Waals surface area contributed by atoms with E-state index >= 15 is 0 Å². The topological polar surface area (TPSA) is 51.1 Å². The van der Waals surface area contributed by atoms with E-state index in [-0.39, 0.29) is 12.1 Å². The molecule has 2 rings (SSSR count). The number of hydrogen-bond acceptors (Lipinski definition) is 2. The number of allylic oxidation sites excluding steroid dienone is 4. The molecule has 1 heterocycles. The fraction of sp³-hybridized carbons (Fsp3) is 0.143. The standard InChI is InChI=1S/C21H22N2O2/c1-4-9-18(5-2)20-12-16(3)19(13-22-15-24)21(25)23(20)14-17-10-7-6-8-11-17/h4-12,15H,1-2,13-14H2,3H3,(H,22,24)/b18-9+. The largest absolute Gasteiger partial charge is 0.354 e. The molecule has 0 radical (unpaired) electrons. The Labute approximate surface area is 147 Å². The lowest BCUT2D eigenvalue weighted by Crippen LogP contribution is -2.30. The number of aryl methyl sites for hydroxylation is 1. The zero-order chi connectivity index (χ0) is 18.2. The second-order valence-electron chi connectivity index (χ2n) is 5.63. The smallest absolute Gasteiger partial charge is 0.256 e. The Bertz CT molecular complexity index is 861. The van der Waals surface area contributed by atoms with Crippen LogP contribution in [0.3, 0.4) is 0 Å². The molecule has 1 aromatic heterocycles. The van der Waals surface area contributed by atoms with Crippen LogP contribution in [-0.2, 0) is 17.9 Å². The van der Waals surface area contributed by atoms with Crippen LogP contribution in [0, 0.1) is 6.92 Å². The van der Waals surface area contributed by atoms with Gasteiger partial charge in [-0.05, 0) is 29.7 Å². The maximum Gasteiger partial charge on any atom is 0.256 e. The normalized spacial score (nSPS) is 11.0. The number of rotatable bonds is 8. The summed E-state index contributed by atoms with van der Waals surface area (Å²) in [4.78, 5) is 23.7. The van der Waals surface area contributed by atoms with Crippen molar-refractivity contribution in [2.45, 2.75) is 20.0 Å². The highest BCUT2D eigenvalue weighted by atomic mass is 16.1. The van der Waals surface area contributed by atoms with Gasteiger partial charge in [-0.3, -0.25) is 9.59 Å². The van der Waals surface area contributed by atoms with E-state index in [2.05, 4.69) is 18.5 Å². The van der Waals surface area contributed by atoms with Gasteiger partial charge in [-0.25, -0.2) is 0 Å². The molecule has 1 N–H and O–H groups in total. The molecule has 0 saturated carbocycles. The second-order valence-corrected chi connectivity index (χ2v) is 5.63. The van der Waals surface area contributed by atoms with Crippen LogP contribution >= 0.6 is 0 Å². The fourth-order valence-electron chi connectivity index (χ4n) is 2.72. The van der Waals surface area contributed by atoms with E-state index in [0.29, 0.717) is 18.5 Å². The molecular formula is C21H22N2O2. The highest BCUT2D eigenvalue weighted by molar-refractivity contribution is 5.73. The molecule has 4 heteroatoms. The van der Waals surface area contributed by atoms with E-state index in [0.717, 1.165) is 22.4 Å². The third-order valence-electron chi connectivity index (χ3n) is 3.98. The molecule has 2 aromatic rings. The lowest BCUT2D eigenvalue weighted by Gasteiger charge is -2.17. The Hall–Kier alpha value is -3.14. The zero-order valence-corrected chi connectivity index (χ0v) is 14.4. The van der Waals surface area contributed by atoms with Crippen LogP contribution in [-0.4, -0.2) is 11.0 Å². The van der Waals surface area contributed by atoms with Gasteiger partial charge in [0.2, 0.25) is 6.41 Å². The van der Waals surface area contributed by atoms with Gasteiger partial charge in [0.1, 0.15) is 0 Å². The third-order valence-corrected chi connectivity index (χ3v) is 3.98. The summed E-state index contributed by atoms with van der Waals surface area (Å²) < 4.78 is 1.71. The summed E-state index contributed by atoms with van der Waals surface area (Å²) >= 11 is 0. The van der Waals surface area contributed by atoms with E-state index in [4.69, 9.17) is 0 Å². The van der Waals surface area contributed by atoms with Crippen molar-refractivity contribution < 1.29 is 4.79 Å². The number of hydrogen-bond donors (Lipinski definition) is 1. The monoisotopic (exact) mass is 334 g/mol. The summed E-state index contributed by atoms with van der Waals surface area (Å²) in [6.45, 7) is 10.1. The van der Waals surface area contributed by atoms with Gasteiger partial charge in [-0.15, -0.1) is 0 Å². The first kappa shape index (κ1) is 18.2. The van der Waals surface area contributed by atoms with Crippen molar-refractivity contribution in [3.05, 3.63) is 101 Å². The van der Waals surface area contributed by atoms with Crippen molar-refractivity contribution in [3.8, 4) is 0 Å². The molecule has 0 unspecified atom stereocenters. The Morgan fingerprint density at radius 3 is 2.56 bits per heavy atom. The van der Waals surface area contributed by atoms with E-state index in [1.807, 2.05) is 49.4 Å². The predicted octanol–water partition coefficient (Wildman–Crippen LogP) is 3.21. The highest BCUT2D eigenvalue weighted by Gasteiger charge is 2.14. The fourth-order valence-corrected chi connectivity index (χ4v) is 2.72. The van der Waals surface area contributed by atoms with E-state index in [1.54, 1.807) is 16.7 Å². The molecule has 1 aromatic carbocycles. The summed E-state index contributed by atoms with van der Waals surface area (Å²) in [5.74, 6) is 0. The van der Waals surface area contributed by atoms with Crippen LogP contribution in [0.5, 0.6) is 0 Å². The van der Waals surface area contributed by atoms with Crippen LogP contribution < -0.4 is 10.9 Å². The number of pyridine rings is 1. The van der Waals surface area contributed by atoms with Gasteiger partial charge in [0.05, 0.1) is 12.2 Å². The number of nitrogens with one attached hydrogen (secondary N) is 1. The molecule has 1 amide bonds. The van der Waals surface area contributed by atoms with Crippen molar-refractivity contribution in [3.63, 3.8) is 0 Å². The van der Waals surface area contributed by atoms with Gasteiger partial charge in [0, 0.05) is 12.1 Å². The van der Waals surface area contributed by atoms with Gasteiger partial charge >= 0.3 is 0 Å². The van der Waals surface area contributed by atoms with Gasteiger partial charge < -0.3 is 9.88 Å². The number of aromatic nitrogens is 1. The summed E-state index contributed by atoms with van der Waals surface area (Å²) in [5.41, 5.74) is 3.90. The van der Waals surface area contributed by atoms with Crippen LogP contribution in [0.25, 0.3) is 5.57 Å². The lowest BCUT2D eigenvalue weighted by atomic mass is 10.0. The molecule has 0 spiro atoms. The Balaban J connectivity index is 2.67. The third kappa shape index (κ3) is 4.23. The molecule has 0 aliphatic heterocycles. The van der Waals surface area contributed by atoms with Crippen molar-refractivity contribution in [2.24, 2.45) is 0 Å². The first-order valence-electron chi connectivity index (χ1n) is 8.02. The minimum atomic E-state index is -0.120. The van der Waals surface area contributed by atoms with Crippen LogP contribution in [0.1, 0.15) is 22.4 Å². The Morgan fingerprint density at radius 1 is 1.24 bits per heavy atom. The molecular weight excluding hydrogens is 312 g/mol. The highest BCUT2D eigenvalue weighted by Crippen LogP contribution is 2.19. The van der Waals surface area contributed by atoms with Crippen molar-refractivity contribution >= 4 is 12.0 Å². The molecule has 4 nitrogen and oxygen atoms in total. The number of amides is 1. The number of nitrogens with zero attached hydrogens (tertiary/aromatic N) is 1. The summed E-state index contributed by atoms with van der Waals surface area (Å²) in [5, 5.41) is 2.58. The number of carbonyl (C=O) groups excluding carboxylic acids is 1. The van der Waals surface area contributed by atoms with Crippen LogP contribution in [0.2, 0.25) is 0 Å². The maximum atomic E-state index is 13.1. The van der Waals surface area contributed by atoms with E-state index in [1.165, 1.54) is 0 Å². The van der Waals surface area contributed by atoms with Gasteiger partial charge in [0.15, 0.2) is 0 Å². The molecule has 0 bridgehead atoms. The van der Waals surface area contributed by atoms with Crippen LogP contribution in [0.4, 0.5) is 0 Å². The second kappa shape index (κ2) is 8.64. The van der Waals surface area contributed by atoms with Crippen molar-refractivity contribution in [1.82, 2.24) is 9.88 Å². The summed E-state index contributed by atoms with van der Waals surface area (Å²) in [6.07, 6.45) is 5.80. The molecule has 0 fully saturated rings. The van der Waals surface area contributed by atoms with Crippen molar-refractivity contribution in [1.29, 1.82) is 0 Å². The summed E-state index contributed by atoms with van der Waals surface area (Å²) in [6, 6.07) is 11.7. The number of carbonyl (C=O) groups is 1. The number of benzene rings is 1.